The van der Waals surface area contributed by atoms with E-state index in [9.17, 15) is 0 Å². The van der Waals surface area contributed by atoms with E-state index in [1.54, 1.807) is 6.33 Å². The Kier molecular flexibility index (Phi) is 5.69. The average Bonchev–Trinajstić information content (AvgIpc) is 3.12. The second-order valence-electron chi connectivity index (χ2n) is 8.07. The molecule has 0 saturated carbocycles. The van der Waals surface area contributed by atoms with Crippen LogP contribution in [0, 0.1) is 19.8 Å². The molecular weight excluding hydrogens is 334 g/mol. The largest absolute Gasteiger partial charge is 0.354 e. The molecule has 0 unspecified atom stereocenters. The summed E-state index contributed by atoms with van der Waals surface area (Å²) in [4.78, 5) is 16.5. The normalized spacial score (nSPS) is 21.7. The Labute approximate surface area is 163 Å². The van der Waals surface area contributed by atoms with Crippen LogP contribution >= 0.6 is 0 Å². The Hall–Kier alpha value is -1.98. The van der Waals surface area contributed by atoms with Gasteiger partial charge in [-0.3, -0.25) is 9.80 Å². The average molecular weight is 366 g/mol. The molecule has 2 aliphatic heterocycles. The van der Waals surface area contributed by atoms with Crippen molar-refractivity contribution in [2.24, 2.45) is 5.92 Å². The van der Waals surface area contributed by atoms with E-state index in [-0.39, 0.29) is 0 Å². The third-order valence-corrected chi connectivity index (χ3v) is 6.12. The highest BCUT2D eigenvalue weighted by molar-refractivity contribution is 5.47. The Morgan fingerprint density at radius 3 is 2.48 bits per heavy atom. The van der Waals surface area contributed by atoms with Crippen LogP contribution in [0.25, 0.3) is 0 Å². The fourth-order valence-electron chi connectivity index (χ4n) is 4.40. The summed E-state index contributed by atoms with van der Waals surface area (Å²) in [5.41, 5.74) is 3.74. The van der Waals surface area contributed by atoms with E-state index in [1.807, 2.05) is 0 Å². The lowest BCUT2D eigenvalue weighted by Gasteiger charge is -2.37. The molecule has 27 heavy (non-hydrogen) atoms. The molecule has 0 aliphatic carbocycles. The minimum absolute atomic E-state index is 0.809. The first kappa shape index (κ1) is 18.4. The molecule has 1 atom stereocenters. The second kappa shape index (κ2) is 8.36. The van der Waals surface area contributed by atoms with E-state index in [4.69, 9.17) is 0 Å². The van der Waals surface area contributed by atoms with E-state index < -0.39 is 0 Å². The topological polar surface area (TPSA) is 35.5 Å². The van der Waals surface area contributed by atoms with Crippen molar-refractivity contribution in [3.63, 3.8) is 0 Å². The van der Waals surface area contributed by atoms with Crippen LogP contribution in [0.5, 0.6) is 0 Å². The third kappa shape index (κ3) is 4.47. The monoisotopic (exact) mass is 365 g/mol. The van der Waals surface area contributed by atoms with Crippen molar-refractivity contribution >= 4 is 5.82 Å². The van der Waals surface area contributed by atoms with Gasteiger partial charge < -0.3 is 4.90 Å². The molecule has 2 fully saturated rings. The quantitative estimate of drug-likeness (QED) is 0.814. The molecular formula is C22H31N5. The molecule has 1 aromatic heterocycles. The van der Waals surface area contributed by atoms with Gasteiger partial charge in [0.25, 0.3) is 0 Å². The number of anilines is 1. The van der Waals surface area contributed by atoms with E-state index >= 15 is 0 Å². The lowest BCUT2D eigenvalue weighted by Crippen LogP contribution is -2.48. The molecule has 0 radical (unpaired) electrons. The number of aryl methyl sites for hydroxylation is 1. The van der Waals surface area contributed by atoms with Crippen LogP contribution in [0.15, 0.2) is 36.7 Å². The van der Waals surface area contributed by atoms with Gasteiger partial charge in [0.1, 0.15) is 12.1 Å². The molecule has 2 aliphatic rings. The SMILES string of the molecule is Cc1ncnc(N2CCN(C[C@H]3CCN(Cc4ccccc4)C3)CC2)c1C. The van der Waals surface area contributed by atoms with Gasteiger partial charge >= 0.3 is 0 Å². The van der Waals surface area contributed by atoms with Crippen molar-refractivity contribution < 1.29 is 0 Å². The zero-order chi connectivity index (χ0) is 18.6. The van der Waals surface area contributed by atoms with E-state index in [0.717, 1.165) is 50.2 Å². The molecule has 5 nitrogen and oxygen atoms in total. The Bertz CT molecular complexity index is 740. The molecule has 0 amide bonds. The maximum atomic E-state index is 4.53. The molecule has 4 rings (SSSR count). The molecule has 0 spiro atoms. The standard InChI is InChI=1S/C22H31N5/c1-18-19(2)23-17-24-22(18)27-12-10-25(11-13-27)15-21-8-9-26(16-21)14-20-6-4-3-5-7-20/h3-7,17,21H,8-16H2,1-2H3/t21-/m1/s1. The maximum Gasteiger partial charge on any atom is 0.135 e. The van der Waals surface area contributed by atoms with Crippen LogP contribution in [-0.4, -0.2) is 65.6 Å². The van der Waals surface area contributed by atoms with Crippen LogP contribution in [0.1, 0.15) is 23.2 Å². The molecule has 1 aromatic carbocycles. The number of aromatic nitrogens is 2. The molecule has 5 heteroatoms. The maximum absolute atomic E-state index is 4.53. The van der Waals surface area contributed by atoms with Gasteiger partial charge in [-0.15, -0.1) is 0 Å². The Balaban J connectivity index is 1.24. The fourth-order valence-corrected chi connectivity index (χ4v) is 4.40. The highest BCUT2D eigenvalue weighted by Crippen LogP contribution is 2.23. The number of rotatable bonds is 5. The zero-order valence-electron chi connectivity index (χ0n) is 16.6. The molecule has 0 bridgehead atoms. The third-order valence-electron chi connectivity index (χ3n) is 6.12. The summed E-state index contributed by atoms with van der Waals surface area (Å²) in [5.74, 6) is 1.93. The summed E-state index contributed by atoms with van der Waals surface area (Å²) in [7, 11) is 0. The minimum Gasteiger partial charge on any atom is -0.354 e. The first-order valence-electron chi connectivity index (χ1n) is 10.2. The molecule has 0 N–H and O–H groups in total. The second-order valence-corrected chi connectivity index (χ2v) is 8.07. The highest BCUT2D eigenvalue weighted by atomic mass is 15.3. The Morgan fingerprint density at radius 1 is 0.926 bits per heavy atom. The smallest absolute Gasteiger partial charge is 0.135 e. The molecule has 144 valence electrons. The molecule has 2 aromatic rings. The number of likely N-dealkylation sites (tertiary alicyclic amines) is 1. The van der Waals surface area contributed by atoms with Gasteiger partial charge in [0.05, 0.1) is 0 Å². The lowest BCUT2D eigenvalue weighted by molar-refractivity contribution is 0.213. The number of hydrogen-bond acceptors (Lipinski definition) is 5. The fraction of sp³-hybridized carbons (Fsp3) is 0.545. The van der Waals surface area contributed by atoms with Gasteiger partial charge in [0.15, 0.2) is 0 Å². The molecule has 2 saturated heterocycles. The summed E-state index contributed by atoms with van der Waals surface area (Å²) in [6.45, 7) is 13.4. The van der Waals surface area contributed by atoms with Gasteiger partial charge in [-0.2, -0.15) is 0 Å². The van der Waals surface area contributed by atoms with Crippen molar-refractivity contribution in [1.82, 2.24) is 19.8 Å². The van der Waals surface area contributed by atoms with Crippen LogP contribution in [0.3, 0.4) is 0 Å². The van der Waals surface area contributed by atoms with Gasteiger partial charge in [-0.1, -0.05) is 30.3 Å². The van der Waals surface area contributed by atoms with Crippen molar-refractivity contribution in [3.05, 3.63) is 53.5 Å². The number of piperazine rings is 1. The van der Waals surface area contributed by atoms with Crippen LogP contribution in [0.4, 0.5) is 5.82 Å². The number of hydrogen-bond donors (Lipinski definition) is 0. The first-order valence-corrected chi connectivity index (χ1v) is 10.2. The van der Waals surface area contributed by atoms with Crippen molar-refractivity contribution in [1.29, 1.82) is 0 Å². The van der Waals surface area contributed by atoms with Crippen molar-refractivity contribution in [2.45, 2.75) is 26.8 Å². The van der Waals surface area contributed by atoms with E-state index in [0.29, 0.717) is 0 Å². The first-order chi connectivity index (χ1) is 13.2. The summed E-state index contributed by atoms with van der Waals surface area (Å²) in [6.07, 6.45) is 3.03. The summed E-state index contributed by atoms with van der Waals surface area (Å²) in [6, 6.07) is 10.9. The molecule has 3 heterocycles. The predicted octanol–water partition coefficient (Wildman–Crippen LogP) is 2.74. The summed E-state index contributed by atoms with van der Waals surface area (Å²) < 4.78 is 0. The Morgan fingerprint density at radius 2 is 1.70 bits per heavy atom. The lowest BCUT2D eigenvalue weighted by atomic mass is 10.1. The van der Waals surface area contributed by atoms with E-state index in [1.165, 1.54) is 37.2 Å². The van der Waals surface area contributed by atoms with Crippen LogP contribution in [-0.2, 0) is 6.54 Å². The van der Waals surface area contributed by atoms with Crippen LogP contribution < -0.4 is 4.90 Å². The van der Waals surface area contributed by atoms with Gasteiger partial charge in [-0.25, -0.2) is 9.97 Å². The zero-order valence-corrected chi connectivity index (χ0v) is 16.6. The van der Waals surface area contributed by atoms with Crippen molar-refractivity contribution in [3.8, 4) is 0 Å². The number of benzene rings is 1. The summed E-state index contributed by atoms with van der Waals surface area (Å²) in [5, 5.41) is 0. The minimum atomic E-state index is 0.809. The van der Waals surface area contributed by atoms with Gasteiger partial charge in [0, 0.05) is 57.1 Å². The van der Waals surface area contributed by atoms with Crippen molar-refractivity contribution in [2.75, 3.05) is 50.7 Å². The van der Waals surface area contributed by atoms with Crippen LogP contribution in [0.2, 0.25) is 0 Å². The number of nitrogens with zero attached hydrogens (tertiary/aromatic N) is 5. The highest BCUT2D eigenvalue weighted by Gasteiger charge is 2.27. The summed E-state index contributed by atoms with van der Waals surface area (Å²) >= 11 is 0. The van der Waals surface area contributed by atoms with Gasteiger partial charge in [-0.05, 0) is 38.3 Å². The van der Waals surface area contributed by atoms with Gasteiger partial charge in [0.2, 0.25) is 0 Å². The van der Waals surface area contributed by atoms with E-state index in [2.05, 4.69) is 68.8 Å². The predicted molar refractivity (Wildman–Crippen MR) is 110 cm³/mol.